The Kier molecular flexibility index (Phi) is 7.28. The molecule has 1 amide bonds. The maximum absolute atomic E-state index is 12.2. The van der Waals surface area contributed by atoms with Crippen molar-refractivity contribution < 1.29 is 9.53 Å². The molecule has 0 unspecified atom stereocenters. The van der Waals surface area contributed by atoms with E-state index in [0.29, 0.717) is 18.9 Å². The number of carbonyl (C=O) groups excluding carboxylic acids is 1. The lowest BCUT2D eigenvalue weighted by Crippen LogP contribution is -2.36. The molecular weight excluding hydrogens is 364 g/mol. The third kappa shape index (κ3) is 5.85. The molecule has 0 radical (unpaired) electrons. The van der Waals surface area contributed by atoms with Crippen LogP contribution < -0.4 is 15.4 Å². The molecular formula is C23H28N4O2. The van der Waals surface area contributed by atoms with Crippen LogP contribution in [-0.2, 0) is 11.2 Å². The first-order valence-corrected chi connectivity index (χ1v) is 10.00. The summed E-state index contributed by atoms with van der Waals surface area (Å²) in [5, 5.41) is 7.32. The third-order valence-electron chi connectivity index (χ3n) is 4.69. The van der Waals surface area contributed by atoms with Crippen molar-refractivity contribution in [2.24, 2.45) is 4.99 Å². The number of anilines is 1. The van der Waals surface area contributed by atoms with Gasteiger partial charge in [-0.2, -0.15) is 0 Å². The van der Waals surface area contributed by atoms with Gasteiger partial charge in [-0.1, -0.05) is 31.5 Å². The highest BCUT2D eigenvalue weighted by Crippen LogP contribution is 2.18. The van der Waals surface area contributed by atoms with Gasteiger partial charge in [0.2, 0.25) is 11.9 Å². The Hall–Kier alpha value is -3.28. The number of para-hydroxylation sites is 1. The topological polar surface area (TPSA) is 78.5 Å². The summed E-state index contributed by atoms with van der Waals surface area (Å²) in [7, 11) is 1.63. The van der Waals surface area contributed by atoms with Crippen molar-refractivity contribution in [3.8, 4) is 5.75 Å². The Morgan fingerprint density at radius 3 is 2.69 bits per heavy atom. The van der Waals surface area contributed by atoms with Crippen LogP contribution in [0.15, 0.2) is 59.7 Å². The summed E-state index contributed by atoms with van der Waals surface area (Å²) in [5.41, 5.74) is 3.17. The van der Waals surface area contributed by atoms with Crippen LogP contribution in [0.25, 0.3) is 10.9 Å². The van der Waals surface area contributed by atoms with Gasteiger partial charge >= 0.3 is 0 Å². The van der Waals surface area contributed by atoms with Gasteiger partial charge in [-0.05, 0) is 48.7 Å². The Morgan fingerprint density at radius 2 is 1.93 bits per heavy atom. The molecule has 0 aliphatic carbocycles. The Bertz CT molecular complexity index is 960. The lowest BCUT2D eigenvalue weighted by molar-refractivity contribution is -0.119. The molecule has 0 spiro atoms. The lowest BCUT2D eigenvalue weighted by atomic mass is 10.1. The van der Waals surface area contributed by atoms with E-state index in [0.717, 1.165) is 36.2 Å². The number of nitrogens with one attached hydrogen (secondary N) is 3. The highest BCUT2D eigenvalue weighted by Gasteiger charge is 2.08. The summed E-state index contributed by atoms with van der Waals surface area (Å²) in [4.78, 5) is 20.1. The zero-order chi connectivity index (χ0) is 20.5. The van der Waals surface area contributed by atoms with Gasteiger partial charge in [0, 0.05) is 35.8 Å². The molecule has 1 heterocycles. The number of nitrogens with zero attached hydrogens (tertiary/aromatic N) is 1. The first-order chi connectivity index (χ1) is 14.2. The van der Waals surface area contributed by atoms with Gasteiger partial charge in [-0.15, -0.1) is 0 Å². The first kappa shape index (κ1) is 20.5. The molecule has 152 valence electrons. The van der Waals surface area contributed by atoms with Crippen LogP contribution in [-0.4, -0.2) is 30.5 Å². The second-order valence-electron chi connectivity index (χ2n) is 6.85. The fraction of sp³-hybridized carbons (Fsp3) is 0.304. The Balaban J connectivity index is 1.69. The summed E-state index contributed by atoms with van der Waals surface area (Å²) < 4.78 is 5.19. The molecule has 6 nitrogen and oxygen atoms in total. The van der Waals surface area contributed by atoms with Crippen LogP contribution in [0, 0.1) is 0 Å². The monoisotopic (exact) mass is 392 g/mol. The Labute approximate surface area is 171 Å². The quantitative estimate of drug-likeness (QED) is 0.390. The fourth-order valence-corrected chi connectivity index (χ4v) is 3.08. The Morgan fingerprint density at radius 1 is 1.14 bits per heavy atom. The average Bonchev–Trinajstić information content (AvgIpc) is 3.16. The lowest BCUT2D eigenvalue weighted by Gasteiger charge is -2.12. The van der Waals surface area contributed by atoms with Gasteiger partial charge in [-0.3, -0.25) is 15.1 Å². The summed E-state index contributed by atoms with van der Waals surface area (Å²) in [6.45, 7) is 2.63. The molecule has 3 N–H and O–H groups in total. The molecule has 1 aromatic heterocycles. The SMILES string of the molecule is CCCCC(=O)NC(=NCCc1c[nH]c2ccccc12)Nc1ccc(OC)cc1. The number of aromatic amines is 1. The van der Waals surface area contributed by atoms with Gasteiger partial charge in [0.15, 0.2) is 0 Å². The number of hydrogen-bond acceptors (Lipinski definition) is 3. The van der Waals surface area contributed by atoms with Crippen LogP contribution in [0.2, 0.25) is 0 Å². The molecule has 3 aromatic rings. The van der Waals surface area contributed by atoms with Crippen molar-refractivity contribution in [3.63, 3.8) is 0 Å². The molecule has 0 saturated heterocycles. The fourth-order valence-electron chi connectivity index (χ4n) is 3.08. The minimum Gasteiger partial charge on any atom is -0.497 e. The van der Waals surface area contributed by atoms with E-state index in [4.69, 9.17) is 4.74 Å². The predicted molar refractivity (Wildman–Crippen MR) is 119 cm³/mol. The van der Waals surface area contributed by atoms with E-state index in [1.165, 1.54) is 10.9 Å². The first-order valence-electron chi connectivity index (χ1n) is 10.00. The number of ether oxygens (including phenoxy) is 1. The van der Waals surface area contributed by atoms with E-state index in [1.54, 1.807) is 7.11 Å². The smallest absolute Gasteiger partial charge is 0.226 e. The second kappa shape index (κ2) is 10.3. The summed E-state index contributed by atoms with van der Waals surface area (Å²) in [6.07, 6.45) is 5.13. The number of carbonyl (C=O) groups is 1. The van der Waals surface area contributed by atoms with Crippen LogP contribution in [0.1, 0.15) is 31.7 Å². The molecule has 29 heavy (non-hydrogen) atoms. The van der Waals surface area contributed by atoms with Crippen LogP contribution in [0.5, 0.6) is 5.75 Å². The maximum atomic E-state index is 12.2. The van der Waals surface area contributed by atoms with Gasteiger partial charge < -0.3 is 15.0 Å². The van der Waals surface area contributed by atoms with Gasteiger partial charge in [0.25, 0.3) is 0 Å². The number of methoxy groups -OCH3 is 1. The zero-order valence-corrected chi connectivity index (χ0v) is 17.0. The number of hydrogen-bond donors (Lipinski definition) is 3. The maximum Gasteiger partial charge on any atom is 0.226 e. The van der Waals surface area contributed by atoms with E-state index >= 15 is 0 Å². The van der Waals surface area contributed by atoms with Crippen molar-refractivity contribution in [2.75, 3.05) is 19.0 Å². The highest BCUT2D eigenvalue weighted by atomic mass is 16.5. The van der Waals surface area contributed by atoms with Crippen molar-refractivity contribution in [1.82, 2.24) is 10.3 Å². The molecule has 0 aliphatic heterocycles. The average molecular weight is 393 g/mol. The summed E-state index contributed by atoms with van der Waals surface area (Å²) in [6, 6.07) is 15.7. The van der Waals surface area contributed by atoms with Crippen molar-refractivity contribution >= 4 is 28.5 Å². The number of unbranched alkanes of at least 4 members (excludes halogenated alkanes) is 1. The number of amides is 1. The molecule has 0 fully saturated rings. The number of fused-ring (bicyclic) bond motifs is 1. The third-order valence-corrected chi connectivity index (χ3v) is 4.69. The number of H-pyrrole nitrogens is 1. The molecule has 0 aliphatic rings. The molecule has 0 saturated carbocycles. The minimum absolute atomic E-state index is 0.0290. The van der Waals surface area contributed by atoms with E-state index in [1.807, 2.05) is 42.6 Å². The van der Waals surface area contributed by atoms with E-state index in [-0.39, 0.29) is 5.91 Å². The molecule has 0 bridgehead atoms. The molecule has 6 heteroatoms. The minimum atomic E-state index is -0.0290. The second-order valence-corrected chi connectivity index (χ2v) is 6.85. The highest BCUT2D eigenvalue weighted by molar-refractivity contribution is 6.04. The largest absolute Gasteiger partial charge is 0.497 e. The van der Waals surface area contributed by atoms with Crippen molar-refractivity contribution in [3.05, 3.63) is 60.3 Å². The summed E-state index contributed by atoms with van der Waals surface area (Å²) >= 11 is 0. The number of rotatable bonds is 8. The van der Waals surface area contributed by atoms with E-state index in [9.17, 15) is 4.79 Å². The van der Waals surface area contributed by atoms with Crippen molar-refractivity contribution in [1.29, 1.82) is 0 Å². The number of aliphatic imine (C=N–C) groups is 1. The van der Waals surface area contributed by atoms with Gasteiger partial charge in [0.05, 0.1) is 7.11 Å². The molecule has 0 atom stereocenters. The molecule has 2 aromatic carbocycles. The molecule has 3 rings (SSSR count). The van der Waals surface area contributed by atoms with Crippen LogP contribution >= 0.6 is 0 Å². The number of guanidine groups is 1. The normalized spacial score (nSPS) is 11.4. The van der Waals surface area contributed by atoms with E-state index in [2.05, 4.69) is 39.7 Å². The number of aromatic nitrogens is 1. The van der Waals surface area contributed by atoms with Crippen molar-refractivity contribution in [2.45, 2.75) is 32.6 Å². The summed E-state index contributed by atoms with van der Waals surface area (Å²) in [5.74, 6) is 1.22. The predicted octanol–water partition coefficient (Wildman–Crippen LogP) is 4.49. The van der Waals surface area contributed by atoms with Crippen LogP contribution in [0.4, 0.5) is 5.69 Å². The van der Waals surface area contributed by atoms with Gasteiger partial charge in [-0.25, -0.2) is 0 Å². The van der Waals surface area contributed by atoms with Crippen LogP contribution in [0.3, 0.4) is 0 Å². The standard InChI is InChI=1S/C23H28N4O2/c1-3-4-9-22(28)27-23(26-18-10-12-19(29-2)13-11-18)24-15-14-17-16-25-21-8-6-5-7-20(17)21/h5-8,10-13,16,25H,3-4,9,14-15H2,1-2H3,(H2,24,26,27,28). The number of benzene rings is 2. The zero-order valence-electron chi connectivity index (χ0n) is 17.0. The van der Waals surface area contributed by atoms with E-state index < -0.39 is 0 Å². The van der Waals surface area contributed by atoms with Gasteiger partial charge in [0.1, 0.15) is 5.75 Å².